The van der Waals surface area contributed by atoms with E-state index >= 15 is 0 Å². The van der Waals surface area contributed by atoms with E-state index in [1.54, 1.807) is 25.3 Å². The van der Waals surface area contributed by atoms with Gasteiger partial charge in [0.1, 0.15) is 11.8 Å². The molecule has 1 N–H and O–H groups in total. The molecule has 2 rings (SSSR count). The lowest BCUT2D eigenvalue weighted by atomic mass is 10.1. The molecule has 0 aliphatic carbocycles. The molecule has 6 nitrogen and oxygen atoms in total. The third kappa shape index (κ3) is 3.64. The summed E-state index contributed by atoms with van der Waals surface area (Å²) in [6.45, 7) is 3.44. The lowest BCUT2D eigenvalue weighted by molar-refractivity contribution is -0.130. The number of hydrogen-bond acceptors (Lipinski definition) is 5. The number of carbonyl (C=O) groups is 1. The fraction of sp³-hybridized carbons (Fsp3) is 0.467. The molecule has 0 atom stereocenters. The number of likely N-dealkylation sites (N-methyl/N-ethyl adjacent to an activating group) is 1. The molecule has 1 heterocycles. The number of amides is 1. The molecule has 21 heavy (non-hydrogen) atoms. The molecule has 6 heteroatoms. The van der Waals surface area contributed by atoms with E-state index in [0.29, 0.717) is 17.0 Å². The van der Waals surface area contributed by atoms with Crippen LogP contribution in [0.15, 0.2) is 18.2 Å². The molecule has 1 aliphatic heterocycles. The van der Waals surface area contributed by atoms with Gasteiger partial charge in [-0.15, -0.1) is 0 Å². The van der Waals surface area contributed by atoms with Crippen molar-refractivity contribution in [2.45, 2.75) is 0 Å². The number of nitrogens with one attached hydrogen (secondary N) is 1. The second kappa shape index (κ2) is 6.95. The van der Waals surface area contributed by atoms with E-state index < -0.39 is 0 Å². The van der Waals surface area contributed by atoms with Gasteiger partial charge in [0.25, 0.3) is 0 Å². The van der Waals surface area contributed by atoms with Crippen LogP contribution in [0.4, 0.5) is 5.69 Å². The summed E-state index contributed by atoms with van der Waals surface area (Å²) in [6, 6.07) is 7.33. The van der Waals surface area contributed by atoms with Crippen molar-refractivity contribution in [2.24, 2.45) is 0 Å². The van der Waals surface area contributed by atoms with Crippen molar-refractivity contribution >= 4 is 11.6 Å². The van der Waals surface area contributed by atoms with E-state index in [4.69, 9.17) is 10.00 Å². The summed E-state index contributed by atoms with van der Waals surface area (Å²) in [5.74, 6) is 0.609. The van der Waals surface area contributed by atoms with E-state index in [9.17, 15) is 4.79 Å². The number of nitriles is 1. The molecule has 0 spiro atoms. The first kappa shape index (κ1) is 15.1. The number of methoxy groups -OCH3 is 1. The van der Waals surface area contributed by atoms with E-state index in [-0.39, 0.29) is 12.5 Å². The molecular weight excluding hydrogens is 268 g/mol. The fourth-order valence-corrected chi connectivity index (χ4v) is 2.31. The zero-order valence-electron chi connectivity index (χ0n) is 12.4. The van der Waals surface area contributed by atoms with Crippen LogP contribution >= 0.6 is 0 Å². The minimum absolute atomic E-state index is 0.0397. The summed E-state index contributed by atoms with van der Waals surface area (Å²) in [4.78, 5) is 16.2. The molecule has 1 aromatic carbocycles. The number of carbonyl (C=O) groups excluding carboxylic acids is 1. The number of hydrogen-bond donors (Lipinski definition) is 1. The molecule has 1 aliphatic rings. The lowest BCUT2D eigenvalue weighted by Gasteiger charge is -2.32. The van der Waals surface area contributed by atoms with Crippen LogP contribution < -0.4 is 10.1 Å². The van der Waals surface area contributed by atoms with Crippen LogP contribution in [0.25, 0.3) is 0 Å². The van der Waals surface area contributed by atoms with Gasteiger partial charge in [0, 0.05) is 26.2 Å². The minimum atomic E-state index is 0.0397. The Morgan fingerprint density at radius 3 is 2.71 bits per heavy atom. The van der Waals surface area contributed by atoms with Gasteiger partial charge in [-0.2, -0.15) is 5.26 Å². The SMILES string of the molecule is COc1cccc(C#N)c1NCC(=O)N1CCN(C)CC1. The molecule has 1 fully saturated rings. The average molecular weight is 288 g/mol. The van der Waals surface area contributed by atoms with Crippen molar-refractivity contribution in [3.8, 4) is 11.8 Å². The number of piperazine rings is 1. The van der Waals surface area contributed by atoms with Gasteiger partial charge in [0.2, 0.25) is 5.91 Å². The molecule has 0 bridgehead atoms. The number of anilines is 1. The van der Waals surface area contributed by atoms with Gasteiger partial charge in [-0.3, -0.25) is 4.79 Å². The topological polar surface area (TPSA) is 68.6 Å². The second-order valence-electron chi connectivity index (χ2n) is 5.03. The Hall–Kier alpha value is -2.26. The van der Waals surface area contributed by atoms with Crippen LogP contribution in [0.5, 0.6) is 5.75 Å². The van der Waals surface area contributed by atoms with Gasteiger partial charge in [-0.05, 0) is 19.2 Å². The maximum absolute atomic E-state index is 12.2. The van der Waals surface area contributed by atoms with Crippen LogP contribution in [0.1, 0.15) is 5.56 Å². The summed E-state index contributed by atoms with van der Waals surface area (Å²) in [6.07, 6.45) is 0. The fourth-order valence-electron chi connectivity index (χ4n) is 2.31. The van der Waals surface area contributed by atoms with Crippen LogP contribution in [0, 0.1) is 11.3 Å². The number of ether oxygens (including phenoxy) is 1. The van der Waals surface area contributed by atoms with Gasteiger partial charge in [0.15, 0.2) is 0 Å². The Kier molecular flexibility index (Phi) is 5.01. The quantitative estimate of drug-likeness (QED) is 0.885. The largest absolute Gasteiger partial charge is 0.495 e. The summed E-state index contributed by atoms with van der Waals surface area (Å²) < 4.78 is 5.23. The molecular formula is C15H20N4O2. The van der Waals surface area contributed by atoms with Gasteiger partial charge >= 0.3 is 0 Å². The van der Waals surface area contributed by atoms with Crippen LogP contribution in [0.3, 0.4) is 0 Å². The van der Waals surface area contributed by atoms with Crippen molar-refractivity contribution in [3.63, 3.8) is 0 Å². The summed E-state index contributed by atoms with van der Waals surface area (Å²) in [7, 11) is 3.60. The first-order valence-corrected chi connectivity index (χ1v) is 6.93. The highest BCUT2D eigenvalue weighted by molar-refractivity contribution is 5.82. The number of nitrogens with zero attached hydrogens (tertiary/aromatic N) is 3. The first-order chi connectivity index (χ1) is 10.2. The van der Waals surface area contributed by atoms with E-state index in [0.717, 1.165) is 26.2 Å². The van der Waals surface area contributed by atoms with Crippen molar-refractivity contribution in [1.82, 2.24) is 9.80 Å². The monoisotopic (exact) mass is 288 g/mol. The number of benzene rings is 1. The molecule has 0 radical (unpaired) electrons. The molecule has 112 valence electrons. The third-order valence-electron chi connectivity index (χ3n) is 3.64. The number of rotatable bonds is 4. The highest BCUT2D eigenvalue weighted by Crippen LogP contribution is 2.27. The van der Waals surface area contributed by atoms with Crippen LogP contribution in [0.2, 0.25) is 0 Å². The molecule has 1 saturated heterocycles. The van der Waals surface area contributed by atoms with Crippen molar-refractivity contribution in [2.75, 3.05) is 52.2 Å². The zero-order valence-corrected chi connectivity index (χ0v) is 12.4. The molecule has 1 amide bonds. The maximum Gasteiger partial charge on any atom is 0.241 e. The zero-order chi connectivity index (χ0) is 15.2. The first-order valence-electron chi connectivity index (χ1n) is 6.93. The molecule has 0 aromatic heterocycles. The standard InChI is InChI=1S/C15H20N4O2/c1-18-6-8-19(9-7-18)14(20)11-17-15-12(10-16)4-3-5-13(15)21-2/h3-5,17H,6-9,11H2,1-2H3. The Bertz CT molecular complexity index is 545. The van der Waals surface area contributed by atoms with Crippen molar-refractivity contribution < 1.29 is 9.53 Å². The Morgan fingerprint density at radius 1 is 1.38 bits per heavy atom. The van der Waals surface area contributed by atoms with Crippen molar-refractivity contribution in [1.29, 1.82) is 5.26 Å². The highest BCUT2D eigenvalue weighted by Gasteiger charge is 2.19. The lowest BCUT2D eigenvalue weighted by Crippen LogP contribution is -2.48. The molecule has 0 unspecified atom stereocenters. The average Bonchev–Trinajstić information content (AvgIpc) is 2.52. The van der Waals surface area contributed by atoms with Gasteiger partial charge < -0.3 is 19.9 Å². The third-order valence-corrected chi connectivity index (χ3v) is 3.64. The van der Waals surface area contributed by atoms with E-state index in [2.05, 4.69) is 16.3 Å². The summed E-state index contributed by atoms with van der Waals surface area (Å²) in [5, 5.41) is 12.2. The second-order valence-corrected chi connectivity index (χ2v) is 5.03. The van der Waals surface area contributed by atoms with Crippen LogP contribution in [-0.4, -0.2) is 62.6 Å². The van der Waals surface area contributed by atoms with Gasteiger partial charge in [-0.25, -0.2) is 0 Å². The Balaban J connectivity index is 2.00. The van der Waals surface area contributed by atoms with Gasteiger partial charge in [-0.1, -0.05) is 6.07 Å². The van der Waals surface area contributed by atoms with E-state index in [1.165, 1.54) is 0 Å². The predicted octanol–water partition coefficient (Wildman–Crippen LogP) is 0.753. The predicted molar refractivity (Wildman–Crippen MR) is 80.3 cm³/mol. The van der Waals surface area contributed by atoms with Crippen LogP contribution in [-0.2, 0) is 4.79 Å². The Labute approximate surface area is 124 Å². The summed E-state index contributed by atoms with van der Waals surface area (Å²) >= 11 is 0. The van der Waals surface area contributed by atoms with E-state index in [1.807, 2.05) is 11.9 Å². The maximum atomic E-state index is 12.2. The van der Waals surface area contributed by atoms with Crippen molar-refractivity contribution in [3.05, 3.63) is 23.8 Å². The number of para-hydroxylation sites is 1. The molecule has 1 aromatic rings. The molecule has 0 saturated carbocycles. The highest BCUT2D eigenvalue weighted by atomic mass is 16.5. The summed E-state index contributed by atoms with van der Waals surface area (Å²) in [5.41, 5.74) is 1.05. The normalized spacial score (nSPS) is 15.4. The minimum Gasteiger partial charge on any atom is -0.495 e. The van der Waals surface area contributed by atoms with Gasteiger partial charge in [0.05, 0.1) is 24.9 Å². The Morgan fingerprint density at radius 2 is 2.10 bits per heavy atom. The smallest absolute Gasteiger partial charge is 0.241 e.